The molecule has 4 aliphatic rings. The summed E-state index contributed by atoms with van der Waals surface area (Å²) in [7, 11) is 0. The Balaban J connectivity index is 0.000000254. The number of carbonyl (C=O) groups excluding carboxylic acids is 19. The summed E-state index contributed by atoms with van der Waals surface area (Å²) >= 11 is 0. The Kier molecular flexibility index (Phi) is 35.1. The number of nitrogens with zero attached hydrogens (tertiary/aromatic N) is 8. The van der Waals surface area contributed by atoms with Gasteiger partial charge in [-0.2, -0.15) is 20.0 Å². The predicted octanol–water partition coefficient (Wildman–Crippen LogP) is 7.28. The maximum absolute atomic E-state index is 12.9. The van der Waals surface area contributed by atoms with Gasteiger partial charge < -0.3 is 59.5 Å². The van der Waals surface area contributed by atoms with Crippen LogP contribution in [0.15, 0.2) is 134 Å². The molecule has 9 rings (SSSR count). The van der Waals surface area contributed by atoms with Gasteiger partial charge in [0.15, 0.2) is 0 Å². The van der Waals surface area contributed by atoms with Crippen LogP contribution in [0, 0.1) is 0 Å². The SMILES string of the molecule is C=C(CCCCN(C(=O)NCC(=O)OCC)N1C(=O)c2ccccc2C1=O)NC(=O)OC(C)(C)C.CCOC(=O)CNC(=O)N(CC(=O)OC(C)(C)C)N1C(=O)c2ccccc2C1=O.CCOC(=O)CNC(=O)N(CCC(=O)OC(C)(C)C)N1C(=O)c2ccccc2C1=O.CCOC(=O)CNC(=O)N(Cc1ccc(O)cc1)N1C(=O)c2ccccc2C1=O. The minimum absolute atomic E-state index is 0.000154. The number of unbranched alkanes of at least 4 members (excludes halogenated alkanes) is 1. The smallest absolute Gasteiger partial charge is 0.411 e. The third-order valence-electron chi connectivity index (χ3n) is 16.4. The highest BCUT2D eigenvalue weighted by Crippen LogP contribution is 2.30. The van der Waals surface area contributed by atoms with Gasteiger partial charge in [-0.1, -0.05) is 67.2 Å². The molecular formula is C83H99N13O27. The first-order valence-corrected chi connectivity index (χ1v) is 38.6. The molecule has 0 bridgehead atoms. The van der Waals surface area contributed by atoms with E-state index in [0.717, 1.165) is 25.0 Å². The largest absolute Gasteiger partial charge is 0.508 e. The summed E-state index contributed by atoms with van der Waals surface area (Å²) in [6.07, 6.45) is 0.361. The number of urea groups is 4. The lowest BCUT2D eigenvalue weighted by molar-refractivity contribution is -0.157. The fourth-order valence-electron chi connectivity index (χ4n) is 11.4. The molecule has 4 aliphatic heterocycles. The van der Waals surface area contributed by atoms with Crippen molar-refractivity contribution in [3.05, 3.63) is 184 Å². The average molecular weight is 1710 g/mol. The number of esters is 6. The van der Waals surface area contributed by atoms with Crippen molar-refractivity contribution in [1.29, 1.82) is 0 Å². The molecule has 0 saturated heterocycles. The van der Waals surface area contributed by atoms with Gasteiger partial charge in [-0.15, -0.1) is 0 Å². The number of aromatic hydroxyl groups is 1. The molecule has 658 valence electrons. The number of hydrogen-bond donors (Lipinski definition) is 6. The molecule has 123 heavy (non-hydrogen) atoms. The zero-order valence-electron chi connectivity index (χ0n) is 70.2. The van der Waals surface area contributed by atoms with Crippen molar-refractivity contribution in [2.75, 3.05) is 72.2 Å². The van der Waals surface area contributed by atoms with Gasteiger partial charge in [-0.3, -0.25) is 72.4 Å². The van der Waals surface area contributed by atoms with Crippen LogP contribution >= 0.6 is 0 Å². The quantitative estimate of drug-likeness (QED) is 0.0118. The molecule has 0 aliphatic carbocycles. The first-order chi connectivity index (χ1) is 58.0. The molecule has 40 nitrogen and oxygen atoms in total. The highest BCUT2D eigenvalue weighted by molar-refractivity contribution is 6.24. The van der Waals surface area contributed by atoms with Crippen LogP contribution in [0.1, 0.15) is 204 Å². The van der Waals surface area contributed by atoms with Crippen LogP contribution in [0.2, 0.25) is 0 Å². The van der Waals surface area contributed by atoms with Gasteiger partial charge in [0.25, 0.3) is 47.3 Å². The number of ether oxygens (including phenoxy) is 7. The molecule has 0 saturated carbocycles. The molecule has 0 unspecified atom stereocenters. The van der Waals surface area contributed by atoms with E-state index in [1.807, 2.05) is 0 Å². The number of phenolic OH excluding ortho intramolecular Hbond substituents is 1. The predicted molar refractivity (Wildman–Crippen MR) is 430 cm³/mol. The molecule has 0 atom stereocenters. The number of benzene rings is 5. The Morgan fingerprint density at radius 3 is 0.935 bits per heavy atom. The van der Waals surface area contributed by atoms with E-state index in [1.165, 1.54) is 60.7 Å². The number of amides is 17. The first-order valence-electron chi connectivity index (χ1n) is 38.6. The third-order valence-corrected chi connectivity index (χ3v) is 16.4. The fraction of sp³-hybridized carbons (Fsp3) is 0.386. The number of carbonyl (C=O) groups is 19. The zero-order valence-corrected chi connectivity index (χ0v) is 70.2. The van der Waals surface area contributed by atoms with E-state index in [0.29, 0.717) is 45.5 Å². The second-order valence-electron chi connectivity index (χ2n) is 29.4. The molecule has 6 N–H and O–H groups in total. The number of allylic oxidation sites excluding steroid dienone is 1. The third kappa shape index (κ3) is 28.0. The zero-order chi connectivity index (χ0) is 91.4. The fourth-order valence-corrected chi connectivity index (χ4v) is 11.4. The lowest BCUT2D eigenvalue weighted by Crippen LogP contribution is -2.56. The van der Waals surface area contributed by atoms with Crippen LogP contribution in [-0.2, 0) is 68.5 Å². The van der Waals surface area contributed by atoms with Gasteiger partial charge >= 0.3 is 66.0 Å². The second kappa shape index (κ2) is 44.4. The number of phenols is 1. The minimum atomic E-state index is -1.00. The number of nitrogens with one attached hydrogen (secondary N) is 5. The number of imide groups is 4. The van der Waals surface area contributed by atoms with Gasteiger partial charge in [0.2, 0.25) is 0 Å². The minimum Gasteiger partial charge on any atom is -0.508 e. The number of alkyl carbamates (subject to hydrolysis) is 1. The second-order valence-corrected chi connectivity index (χ2v) is 29.4. The lowest BCUT2D eigenvalue weighted by Gasteiger charge is -2.30. The van der Waals surface area contributed by atoms with Crippen LogP contribution < -0.4 is 26.6 Å². The highest BCUT2D eigenvalue weighted by Gasteiger charge is 2.46. The normalized spacial score (nSPS) is 12.8. The van der Waals surface area contributed by atoms with Crippen molar-refractivity contribution >= 4 is 113 Å². The Bertz CT molecular complexity index is 4720. The van der Waals surface area contributed by atoms with E-state index in [9.17, 15) is 96.2 Å². The number of fused-ring (bicyclic) bond motifs is 4. The molecule has 0 fully saturated rings. The van der Waals surface area contributed by atoms with Gasteiger partial charge in [0.05, 0.1) is 90.4 Å². The van der Waals surface area contributed by atoms with Gasteiger partial charge in [-0.25, -0.2) is 44.0 Å². The van der Waals surface area contributed by atoms with E-state index < -0.39 is 163 Å². The Hall–Kier alpha value is -14.6. The maximum atomic E-state index is 12.9. The summed E-state index contributed by atoms with van der Waals surface area (Å²) in [5, 5.41) is 27.4. The van der Waals surface area contributed by atoms with Crippen molar-refractivity contribution in [3.8, 4) is 5.75 Å². The summed E-state index contributed by atoms with van der Waals surface area (Å²) in [6.45, 7) is 23.1. The molecule has 40 heteroatoms. The molecule has 5 aromatic carbocycles. The standard InChI is InChI=1S/C24H32N4O7.C20H25N3O7.C20H19N3O6.C19H23N3O7/c1-6-34-19(29)15-25-22(32)27(28-20(30)17-12-7-8-13-18(17)21(28)31)14-10-9-11-16(2)26-23(33)35-24(3,4)5;1-5-29-16(25)12-21-19(28)22(11-10-15(24)30-20(2,3)4)23-17(26)13-8-6-7-9-14(13)18(23)27;1-2-29-17(25)11-21-20(28)22(12-13-7-9-14(24)10-8-13)23-18(26)15-5-3-4-6-16(15)19(23)27;1-5-28-14(23)10-20-18(27)21(11-15(24)29-19(2,3)4)22-16(25)12-8-6-7-9-13(12)17(22)26/h7-8,12-13H,2,6,9-11,14-15H2,1,3-5H3,(H,25,32)(H,26,33);6-9H,5,10-12H2,1-4H3,(H,21,28);3-10,24H,2,11-12H2,1H3,(H,21,28);6-9H,5,10-11H2,1-4H3,(H,20,27). The molecule has 0 spiro atoms. The molecule has 4 heterocycles. The van der Waals surface area contributed by atoms with Crippen molar-refractivity contribution in [2.45, 2.75) is 139 Å². The Morgan fingerprint density at radius 2 is 0.626 bits per heavy atom. The van der Waals surface area contributed by atoms with E-state index in [1.54, 1.807) is 151 Å². The number of hydrogen-bond acceptors (Lipinski definition) is 27. The number of rotatable bonds is 29. The summed E-state index contributed by atoms with van der Waals surface area (Å²) in [5.74, 6) is -9.57. The van der Waals surface area contributed by atoms with E-state index in [2.05, 4.69) is 33.2 Å². The van der Waals surface area contributed by atoms with Crippen molar-refractivity contribution in [3.63, 3.8) is 0 Å². The molecule has 5 aromatic rings. The average Bonchev–Trinajstić information content (AvgIpc) is 1.63. The molecule has 0 radical (unpaired) electrons. The summed E-state index contributed by atoms with van der Waals surface area (Å²) < 4.78 is 34.6. The number of hydrazine groups is 4. The highest BCUT2D eigenvalue weighted by atomic mass is 16.6. The summed E-state index contributed by atoms with van der Waals surface area (Å²) in [5.41, 5.74) is 0.0119. The molecule has 17 amide bonds. The van der Waals surface area contributed by atoms with Crippen LogP contribution in [0.25, 0.3) is 0 Å². The summed E-state index contributed by atoms with van der Waals surface area (Å²) in [4.78, 5) is 236. The van der Waals surface area contributed by atoms with Crippen molar-refractivity contribution in [1.82, 2.24) is 66.7 Å². The van der Waals surface area contributed by atoms with Gasteiger partial charge in [0.1, 0.15) is 55.3 Å². The summed E-state index contributed by atoms with van der Waals surface area (Å²) in [6, 6.07) is 27.1. The monoisotopic (exact) mass is 1710 g/mol. The molecular weight excluding hydrogens is 1610 g/mol. The molecule has 0 aromatic heterocycles. The van der Waals surface area contributed by atoms with E-state index >= 15 is 0 Å². The van der Waals surface area contributed by atoms with Gasteiger partial charge in [-0.05, 0) is 175 Å². The van der Waals surface area contributed by atoms with Crippen LogP contribution in [0.3, 0.4) is 0 Å². The van der Waals surface area contributed by atoms with Crippen molar-refractivity contribution < 1.29 is 129 Å². The Morgan fingerprint density at radius 1 is 0.350 bits per heavy atom. The topological polar surface area (TPSA) is 495 Å². The maximum Gasteiger partial charge on any atom is 0.411 e. The first kappa shape index (κ1) is 97.2. The van der Waals surface area contributed by atoms with Crippen LogP contribution in [-0.4, -0.2) is 248 Å². The van der Waals surface area contributed by atoms with E-state index in [4.69, 9.17) is 33.2 Å². The van der Waals surface area contributed by atoms with Gasteiger partial charge in [0, 0.05) is 12.2 Å². The Labute approximate surface area is 707 Å². The van der Waals surface area contributed by atoms with Crippen molar-refractivity contribution in [2.24, 2.45) is 0 Å². The van der Waals surface area contributed by atoms with E-state index in [-0.39, 0.29) is 103 Å². The lowest BCUT2D eigenvalue weighted by atomic mass is 10.1. The van der Waals surface area contributed by atoms with Crippen LogP contribution in [0.4, 0.5) is 24.0 Å². The van der Waals surface area contributed by atoms with Crippen LogP contribution in [0.5, 0.6) is 5.75 Å².